The molecule has 0 saturated carbocycles. The predicted molar refractivity (Wildman–Crippen MR) is 71.2 cm³/mol. The highest BCUT2D eigenvalue weighted by Crippen LogP contribution is 2.18. The van der Waals surface area contributed by atoms with Gasteiger partial charge in [-0.2, -0.15) is 5.10 Å². The molecule has 19 heavy (non-hydrogen) atoms. The van der Waals surface area contributed by atoms with Crippen LogP contribution in [0.25, 0.3) is 0 Å². The van der Waals surface area contributed by atoms with Crippen LogP contribution in [-0.4, -0.2) is 38.0 Å². The van der Waals surface area contributed by atoms with Crippen LogP contribution in [0.1, 0.15) is 22.0 Å². The van der Waals surface area contributed by atoms with E-state index >= 15 is 0 Å². The van der Waals surface area contributed by atoms with Crippen molar-refractivity contribution in [3.8, 4) is 0 Å². The Morgan fingerprint density at radius 1 is 1.37 bits per heavy atom. The van der Waals surface area contributed by atoms with E-state index in [0.29, 0.717) is 17.2 Å². The molecule has 0 bridgehead atoms. The summed E-state index contributed by atoms with van der Waals surface area (Å²) in [6, 6.07) is 3.06. The maximum absolute atomic E-state index is 12.2. The zero-order valence-electron chi connectivity index (χ0n) is 10.3. The van der Waals surface area contributed by atoms with E-state index in [2.05, 4.69) is 20.2 Å². The van der Waals surface area contributed by atoms with Gasteiger partial charge in [-0.3, -0.25) is 9.89 Å². The van der Waals surface area contributed by atoms with Crippen molar-refractivity contribution in [3.63, 3.8) is 0 Å². The minimum absolute atomic E-state index is 0.0792. The first kappa shape index (κ1) is 13.8. The quantitative estimate of drug-likeness (QED) is 0.881. The van der Waals surface area contributed by atoms with Crippen LogP contribution >= 0.6 is 23.2 Å². The second-order valence-electron chi connectivity index (χ2n) is 3.97. The Balaban J connectivity index is 2.14. The van der Waals surface area contributed by atoms with E-state index in [1.807, 2.05) is 0 Å². The van der Waals surface area contributed by atoms with Crippen molar-refractivity contribution < 1.29 is 4.79 Å². The highest BCUT2D eigenvalue weighted by Gasteiger charge is 2.17. The molecule has 2 heterocycles. The molecule has 0 aliphatic heterocycles. The predicted octanol–water partition coefficient (Wildman–Crippen LogP) is 2.09. The van der Waals surface area contributed by atoms with E-state index in [-0.39, 0.29) is 22.8 Å². The lowest BCUT2D eigenvalue weighted by Gasteiger charge is -2.15. The largest absolute Gasteiger partial charge is 0.334 e. The number of aryl methyl sites for hydroxylation is 1. The molecule has 0 spiro atoms. The van der Waals surface area contributed by atoms with Crippen LogP contribution in [-0.2, 0) is 6.54 Å². The van der Waals surface area contributed by atoms with Gasteiger partial charge in [0.1, 0.15) is 16.1 Å². The van der Waals surface area contributed by atoms with Gasteiger partial charge in [0.15, 0.2) is 5.82 Å². The molecule has 1 amide bonds. The molecule has 0 aliphatic rings. The van der Waals surface area contributed by atoms with Crippen molar-refractivity contribution in [2.75, 3.05) is 7.05 Å². The van der Waals surface area contributed by atoms with Crippen LogP contribution in [0.2, 0.25) is 10.3 Å². The van der Waals surface area contributed by atoms with Crippen molar-refractivity contribution in [1.82, 2.24) is 25.1 Å². The molecular formula is C11H11Cl2N5O. The van der Waals surface area contributed by atoms with Gasteiger partial charge in [-0.1, -0.05) is 23.2 Å². The Kier molecular flexibility index (Phi) is 4.01. The number of hydrogen-bond acceptors (Lipinski definition) is 4. The van der Waals surface area contributed by atoms with Crippen LogP contribution in [0.4, 0.5) is 0 Å². The Hall–Kier alpha value is -1.66. The summed E-state index contributed by atoms with van der Waals surface area (Å²) in [5.74, 6) is 0.963. The molecule has 0 fully saturated rings. The molecule has 2 aromatic rings. The molecule has 0 aliphatic carbocycles. The Morgan fingerprint density at radius 2 is 2.11 bits per heavy atom. The molecule has 2 aromatic heterocycles. The summed E-state index contributed by atoms with van der Waals surface area (Å²) in [6.45, 7) is 2.07. The van der Waals surface area contributed by atoms with Gasteiger partial charge in [0.05, 0.1) is 12.1 Å². The zero-order chi connectivity index (χ0) is 14.0. The second kappa shape index (κ2) is 5.54. The fraction of sp³-hybridized carbons (Fsp3) is 0.273. The SMILES string of the molecule is Cc1nc(CN(C)C(=O)c2ccc(Cl)nc2Cl)n[nH]1. The van der Waals surface area contributed by atoms with Crippen LogP contribution in [0, 0.1) is 6.92 Å². The summed E-state index contributed by atoms with van der Waals surface area (Å²) in [5.41, 5.74) is 0.292. The number of nitrogens with zero attached hydrogens (tertiary/aromatic N) is 4. The van der Waals surface area contributed by atoms with E-state index in [0.717, 1.165) is 0 Å². The number of H-pyrrole nitrogens is 1. The first-order valence-electron chi connectivity index (χ1n) is 5.43. The summed E-state index contributed by atoms with van der Waals surface area (Å²) in [6.07, 6.45) is 0. The summed E-state index contributed by atoms with van der Waals surface area (Å²) < 4.78 is 0. The smallest absolute Gasteiger partial charge is 0.257 e. The number of pyridine rings is 1. The highest BCUT2D eigenvalue weighted by atomic mass is 35.5. The van der Waals surface area contributed by atoms with E-state index in [1.54, 1.807) is 20.0 Å². The monoisotopic (exact) mass is 299 g/mol. The molecule has 8 heteroatoms. The van der Waals surface area contributed by atoms with Gasteiger partial charge >= 0.3 is 0 Å². The van der Waals surface area contributed by atoms with Gasteiger partial charge in [0.2, 0.25) is 0 Å². The Morgan fingerprint density at radius 3 is 2.68 bits per heavy atom. The number of aromatic nitrogens is 4. The lowest BCUT2D eigenvalue weighted by molar-refractivity contribution is 0.0781. The van der Waals surface area contributed by atoms with Crippen molar-refractivity contribution in [2.45, 2.75) is 13.5 Å². The normalized spacial score (nSPS) is 10.5. The first-order chi connectivity index (χ1) is 8.97. The average molecular weight is 300 g/mol. The van der Waals surface area contributed by atoms with Crippen LogP contribution in [0.15, 0.2) is 12.1 Å². The number of halogens is 2. The zero-order valence-corrected chi connectivity index (χ0v) is 11.8. The number of aromatic amines is 1. The number of rotatable bonds is 3. The number of carbonyl (C=O) groups excluding carboxylic acids is 1. The third-order valence-corrected chi connectivity index (χ3v) is 2.91. The molecule has 1 N–H and O–H groups in total. The minimum atomic E-state index is -0.267. The fourth-order valence-corrected chi connectivity index (χ4v) is 1.95. The van der Waals surface area contributed by atoms with E-state index in [1.165, 1.54) is 11.0 Å². The van der Waals surface area contributed by atoms with Crippen molar-refractivity contribution in [1.29, 1.82) is 0 Å². The first-order valence-corrected chi connectivity index (χ1v) is 6.18. The fourth-order valence-electron chi connectivity index (χ4n) is 1.52. The van der Waals surface area contributed by atoms with Crippen molar-refractivity contribution in [2.24, 2.45) is 0 Å². The topological polar surface area (TPSA) is 74.8 Å². The average Bonchev–Trinajstić information content (AvgIpc) is 2.74. The standard InChI is InChI=1S/C11H11Cl2N5O/c1-6-14-9(17-16-6)5-18(2)11(19)7-3-4-8(12)15-10(7)13/h3-4H,5H2,1-2H3,(H,14,16,17). The van der Waals surface area contributed by atoms with E-state index in [4.69, 9.17) is 23.2 Å². The highest BCUT2D eigenvalue weighted by molar-refractivity contribution is 6.34. The lowest BCUT2D eigenvalue weighted by atomic mass is 10.2. The van der Waals surface area contributed by atoms with Crippen molar-refractivity contribution >= 4 is 29.1 Å². The minimum Gasteiger partial charge on any atom is -0.334 e. The molecule has 0 unspecified atom stereocenters. The molecule has 2 rings (SSSR count). The van der Waals surface area contributed by atoms with E-state index < -0.39 is 0 Å². The second-order valence-corrected chi connectivity index (χ2v) is 4.72. The van der Waals surface area contributed by atoms with Gasteiger partial charge in [-0.25, -0.2) is 9.97 Å². The Bertz CT molecular complexity index is 613. The van der Waals surface area contributed by atoms with Gasteiger partial charge in [0.25, 0.3) is 5.91 Å². The number of amides is 1. The lowest BCUT2D eigenvalue weighted by Crippen LogP contribution is -2.27. The van der Waals surface area contributed by atoms with Crippen molar-refractivity contribution in [3.05, 3.63) is 39.7 Å². The van der Waals surface area contributed by atoms with Gasteiger partial charge < -0.3 is 4.90 Å². The molecule has 0 radical (unpaired) electrons. The third-order valence-electron chi connectivity index (χ3n) is 2.41. The molecule has 0 aromatic carbocycles. The van der Waals surface area contributed by atoms with Crippen LogP contribution in [0.5, 0.6) is 0 Å². The van der Waals surface area contributed by atoms with E-state index in [9.17, 15) is 4.79 Å². The molecule has 100 valence electrons. The van der Waals surface area contributed by atoms with Gasteiger partial charge in [-0.05, 0) is 19.1 Å². The van der Waals surface area contributed by atoms with Crippen LogP contribution < -0.4 is 0 Å². The number of hydrogen-bond donors (Lipinski definition) is 1. The summed E-state index contributed by atoms with van der Waals surface area (Å²) >= 11 is 11.6. The Labute approximate surface area is 119 Å². The summed E-state index contributed by atoms with van der Waals surface area (Å²) in [4.78, 5) is 21.6. The van der Waals surface area contributed by atoms with Gasteiger partial charge in [-0.15, -0.1) is 0 Å². The molecular weight excluding hydrogens is 289 g/mol. The van der Waals surface area contributed by atoms with Gasteiger partial charge in [0, 0.05) is 7.05 Å². The maximum atomic E-state index is 12.2. The number of carbonyl (C=O) groups is 1. The molecule has 0 atom stereocenters. The summed E-state index contributed by atoms with van der Waals surface area (Å²) in [7, 11) is 1.64. The van der Waals surface area contributed by atoms with Crippen LogP contribution in [0.3, 0.4) is 0 Å². The number of nitrogens with one attached hydrogen (secondary N) is 1. The molecule has 0 saturated heterocycles. The third kappa shape index (κ3) is 3.21. The summed E-state index contributed by atoms with van der Waals surface area (Å²) in [5, 5.41) is 7.01. The molecule has 6 nitrogen and oxygen atoms in total. The maximum Gasteiger partial charge on any atom is 0.257 e.